The Hall–Kier alpha value is -0.830. The van der Waals surface area contributed by atoms with Gasteiger partial charge in [0.25, 0.3) is 0 Å². The lowest BCUT2D eigenvalue weighted by atomic mass is 10.0. The van der Waals surface area contributed by atoms with E-state index in [1.165, 1.54) is 5.57 Å². The monoisotopic (exact) mass is 210 g/mol. The Balaban J connectivity index is 2.55. The fraction of sp³-hybridized carbons (Fsp3) is 0.750. The molecule has 3 nitrogen and oxygen atoms in total. The first kappa shape index (κ1) is 12.2. The van der Waals surface area contributed by atoms with Crippen molar-refractivity contribution in [3.8, 4) is 0 Å². The van der Waals surface area contributed by atoms with Crippen LogP contribution in [-0.4, -0.2) is 30.4 Å². The second kappa shape index (κ2) is 5.91. The largest absolute Gasteiger partial charge is 0.338 e. The Morgan fingerprint density at radius 2 is 2.40 bits per heavy atom. The predicted octanol–water partition coefficient (Wildman–Crippen LogP) is 1.54. The van der Waals surface area contributed by atoms with E-state index in [4.69, 9.17) is 5.73 Å². The Bertz CT molecular complexity index is 248. The SMILES string of the molecule is CCCC(CN)C(=O)N1CCC=C(C)C1. The molecule has 0 aromatic carbocycles. The van der Waals surface area contributed by atoms with Gasteiger partial charge >= 0.3 is 0 Å². The summed E-state index contributed by atoms with van der Waals surface area (Å²) in [5.41, 5.74) is 6.93. The molecule has 0 saturated heterocycles. The third kappa shape index (κ3) is 3.34. The minimum Gasteiger partial charge on any atom is -0.338 e. The van der Waals surface area contributed by atoms with Crippen molar-refractivity contribution in [2.45, 2.75) is 33.1 Å². The predicted molar refractivity (Wildman–Crippen MR) is 62.4 cm³/mol. The summed E-state index contributed by atoms with van der Waals surface area (Å²) in [5.74, 6) is 0.271. The molecular weight excluding hydrogens is 188 g/mol. The second-order valence-corrected chi connectivity index (χ2v) is 4.32. The summed E-state index contributed by atoms with van der Waals surface area (Å²) >= 11 is 0. The number of hydrogen-bond donors (Lipinski definition) is 1. The molecule has 0 fully saturated rings. The van der Waals surface area contributed by atoms with Gasteiger partial charge in [0.1, 0.15) is 0 Å². The van der Waals surface area contributed by atoms with Crippen LogP contribution in [0.15, 0.2) is 11.6 Å². The molecule has 15 heavy (non-hydrogen) atoms. The van der Waals surface area contributed by atoms with Gasteiger partial charge in [0.05, 0.1) is 5.92 Å². The zero-order valence-corrected chi connectivity index (χ0v) is 9.83. The van der Waals surface area contributed by atoms with Crippen molar-refractivity contribution < 1.29 is 4.79 Å². The Labute approximate surface area is 92.3 Å². The van der Waals surface area contributed by atoms with Crippen LogP contribution < -0.4 is 5.73 Å². The average Bonchev–Trinajstić information content (AvgIpc) is 2.25. The van der Waals surface area contributed by atoms with E-state index in [1.54, 1.807) is 0 Å². The van der Waals surface area contributed by atoms with Gasteiger partial charge in [0, 0.05) is 19.6 Å². The summed E-state index contributed by atoms with van der Waals surface area (Å²) in [6.07, 6.45) is 5.13. The first-order chi connectivity index (χ1) is 7.19. The van der Waals surface area contributed by atoms with Gasteiger partial charge in [-0.3, -0.25) is 4.79 Å². The van der Waals surface area contributed by atoms with Gasteiger partial charge in [0.2, 0.25) is 5.91 Å². The number of nitrogens with zero attached hydrogens (tertiary/aromatic N) is 1. The standard InChI is InChI=1S/C12H22N2O/c1-3-5-11(8-13)12(15)14-7-4-6-10(2)9-14/h6,11H,3-5,7-9,13H2,1-2H3. The van der Waals surface area contributed by atoms with E-state index in [9.17, 15) is 4.79 Å². The molecule has 0 bridgehead atoms. The average molecular weight is 210 g/mol. The fourth-order valence-corrected chi connectivity index (χ4v) is 2.05. The number of hydrogen-bond acceptors (Lipinski definition) is 2. The minimum absolute atomic E-state index is 0.0286. The molecule has 3 heteroatoms. The molecule has 0 aliphatic carbocycles. The van der Waals surface area contributed by atoms with E-state index in [0.29, 0.717) is 6.54 Å². The van der Waals surface area contributed by atoms with Crippen molar-refractivity contribution in [2.24, 2.45) is 11.7 Å². The van der Waals surface area contributed by atoms with Crippen molar-refractivity contribution in [3.63, 3.8) is 0 Å². The molecule has 0 radical (unpaired) electrons. The first-order valence-corrected chi connectivity index (χ1v) is 5.83. The van der Waals surface area contributed by atoms with Crippen LogP contribution in [0.1, 0.15) is 33.1 Å². The first-order valence-electron chi connectivity index (χ1n) is 5.83. The molecule has 0 saturated carbocycles. The zero-order valence-electron chi connectivity index (χ0n) is 9.83. The molecule has 1 unspecified atom stereocenters. The van der Waals surface area contributed by atoms with Crippen molar-refractivity contribution in [2.75, 3.05) is 19.6 Å². The van der Waals surface area contributed by atoms with Crippen LogP contribution >= 0.6 is 0 Å². The fourth-order valence-electron chi connectivity index (χ4n) is 2.05. The summed E-state index contributed by atoms with van der Waals surface area (Å²) in [6, 6.07) is 0. The maximum absolute atomic E-state index is 12.1. The van der Waals surface area contributed by atoms with Gasteiger partial charge in [-0.05, 0) is 19.8 Å². The number of nitrogens with two attached hydrogens (primary N) is 1. The Morgan fingerprint density at radius 1 is 1.67 bits per heavy atom. The molecule has 86 valence electrons. The van der Waals surface area contributed by atoms with Crippen LogP contribution in [0.5, 0.6) is 0 Å². The molecule has 1 heterocycles. The molecular formula is C12H22N2O. The van der Waals surface area contributed by atoms with Crippen LogP contribution in [-0.2, 0) is 4.79 Å². The number of amides is 1. The maximum Gasteiger partial charge on any atom is 0.227 e. The van der Waals surface area contributed by atoms with Gasteiger partial charge in [-0.15, -0.1) is 0 Å². The molecule has 0 spiro atoms. The molecule has 1 aliphatic rings. The van der Waals surface area contributed by atoms with Crippen LogP contribution in [0.25, 0.3) is 0 Å². The van der Waals surface area contributed by atoms with Gasteiger partial charge in [-0.1, -0.05) is 25.0 Å². The van der Waals surface area contributed by atoms with E-state index in [2.05, 4.69) is 19.9 Å². The highest BCUT2D eigenvalue weighted by atomic mass is 16.2. The highest BCUT2D eigenvalue weighted by Crippen LogP contribution is 2.14. The van der Waals surface area contributed by atoms with Crippen molar-refractivity contribution in [3.05, 3.63) is 11.6 Å². The lowest BCUT2D eigenvalue weighted by molar-refractivity contribution is -0.135. The van der Waals surface area contributed by atoms with Gasteiger partial charge < -0.3 is 10.6 Å². The molecule has 0 aromatic heterocycles. The molecule has 0 aromatic rings. The van der Waals surface area contributed by atoms with Gasteiger partial charge in [0.15, 0.2) is 0 Å². The van der Waals surface area contributed by atoms with Crippen molar-refractivity contribution in [1.82, 2.24) is 4.90 Å². The van der Waals surface area contributed by atoms with E-state index < -0.39 is 0 Å². The van der Waals surface area contributed by atoms with Gasteiger partial charge in [-0.2, -0.15) is 0 Å². The van der Waals surface area contributed by atoms with Crippen LogP contribution in [0.2, 0.25) is 0 Å². The van der Waals surface area contributed by atoms with E-state index >= 15 is 0 Å². The van der Waals surface area contributed by atoms with Crippen LogP contribution in [0, 0.1) is 5.92 Å². The van der Waals surface area contributed by atoms with E-state index in [-0.39, 0.29) is 11.8 Å². The van der Waals surface area contributed by atoms with E-state index in [0.717, 1.165) is 32.4 Å². The maximum atomic E-state index is 12.1. The Kier molecular flexibility index (Phi) is 4.82. The Morgan fingerprint density at radius 3 is 2.93 bits per heavy atom. The zero-order chi connectivity index (χ0) is 11.3. The number of rotatable bonds is 4. The normalized spacial score (nSPS) is 18.6. The summed E-state index contributed by atoms with van der Waals surface area (Å²) in [5, 5.41) is 0. The molecule has 1 aliphatic heterocycles. The lowest BCUT2D eigenvalue weighted by Crippen LogP contribution is -2.41. The number of carbonyl (C=O) groups is 1. The van der Waals surface area contributed by atoms with Crippen LogP contribution in [0.4, 0.5) is 0 Å². The van der Waals surface area contributed by atoms with Crippen molar-refractivity contribution >= 4 is 5.91 Å². The lowest BCUT2D eigenvalue weighted by Gasteiger charge is -2.29. The molecule has 1 rings (SSSR count). The molecule has 1 atom stereocenters. The summed E-state index contributed by atoms with van der Waals surface area (Å²) in [6.45, 7) is 6.30. The number of carbonyl (C=O) groups excluding carboxylic acids is 1. The quantitative estimate of drug-likeness (QED) is 0.715. The highest BCUT2D eigenvalue weighted by molar-refractivity contribution is 5.79. The summed E-state index contributed by atoms with van der Waals surface area (Å²) in [4.78, 5) is 14.0. The topological polar surface area (TPSA) is 46.3 Å². The summed E-state index contributed by atoms with van der Waals surface area (Å²) in [7, 11) is 0. The second-order valence-electron chi connectivity index (χ2n) is 4.32. The third-order valence-corrected chi connectivity index (χ3v) is 2.91. The van der Waals surface area contributed by atoms with Gasteiger partial charge in [-0.25, -0.2) is 0 Å². The third-order valence-electron chi connectivity index (χ3n) is 2.91. The van der Waals surface area contributed by atoms with Crippen LogP contribution in [0.3, 0.4) is 0 Å². The molecule has 2 N–H and O–H groups in total. The smallest absolute Gasteiger partial charge is 0.227 e. The molecule has 1 amide bonds. The van der Waals surface area contributed by atoms with E-state index in [1.807, 2.05) is 4.90 Å². The van der Waals surface area contributed by atoms with Crippen molar-refractivity contribution in [1.29, 1.82) is 0 Å². The minimum atomic E-state index is 0.0286. The summed E-state index contributed by atoms with van der Waals surface area (Å²) < 4.78 is 0. The highest BCUT2D eigenvalue weighted by Gasteiger charge is 2.23.